The Kier molecular flexibility index (Phi) is 3.48. The highest BCUT2D eigenvalue weighted by Crippen LogP contribution is 2.28. The van der Waals surface area contributed by atoms with Crippen molar-refractivity contribution in [2.24, 2.45) is 5.41 Å². The third-order valence-corrected chi connectivity index (χ3v) is 3.19. The first-order chi connectivity index (χ1) is 7.94. The molecule has 0 radical (unpaired) electrons. The van der Waals surface area contributed by atoms with Gasteiger partial charge in [-0.2, -0.15) is 0 Å². The summed E-state index contributed by atoms with van der Waals surface area (Å²) in [4.78, 5) is 11.3. The van der Waals surface area contributed by atoms with Crippen LogP contribution in [0.4, 0.5) is 0 Å². The van der Waals surface area contributed by atoms with Crippen molar-refractivity contribution in [1.82, 2.24) is 14.9 Å². The third-order valence-electron chi connectivity index (χ3n) is 3.19. The van der Waals surface area contributed by atoms with Gasteiger partial charge in [0.05, 0.1) is 0 Å². The highest BCUT2D eigenvalue weighted by Gasteiger charge is 2.27. The van der Waals surface area contributed by atoms with Crippen LogP contribution in [-0.2, 0) is 0 Å². The second kappa shape index (κ2) is 4.73. The van der Waals surface area contributed by atoms with Crippen LogP contribution in [0.2, 0.25) is 0 Å². The van der Waals surface area contributed by atoms with E-state index in [4.69, 9.17) is 0 Å². The second-order valence-electron chi connectivity index (χ2n) is 6.31. The van der Waals surface area contributed by atoms with E-state index in [-0.39, 0.29) is 0 Å². The number of hydrogen-bond donors (Lipinski definition) is 0. The summed E-state index contributed by atoms with van der Waals surface area (Å²) in [5.41, 5.74) is 1.60. The van der Waals surface area contributed by atoms with Gasteiger partial charge in [-0.25, -0.2) is 9.97 Å². The molecule has 94 valence electrons. The van der Waals surface area contributed by atoms with Crippen LogP contribution in [0.1, 0.15) is 44.6 Å². The fourth-order valence-electron chi connectivity index (χ4n) is 2.59. The van der Waals surface area contributed by atoms with Crippen molar-refractivity contribution in [3.8, 4) is 0 Å². The maximum Gasteiger partial charge on any atom is 0.125 e. The van der Waals surface area contributed by atoms with Gasteiger partial charge in [0.15, 0.2) is 0 Å². The molecule has 0 aromatic carbocycles. The van der Waals surface area contributed by atoms with Crippen LogP contribution in [0.5, 0.6) is 0 Å². The molecule has 3 nitrogen and oxygen atoms in total. The van der Waals surface area contributed by atoms with Gasteiger partial charge in [-0.15, -0.1) is 0 Å². The van der Waals surface area contributed by atoms with E-state index in [1.165, 1.54) is 25.2 Å². The minimum atomic E-state index is 0.385. The van der Waals surface area contributed by atoms with E-state index in [0.29, 0.717) is 11.3 Å². The average Bonchev–Trinajstić information content (AvgIpc) is 2.63. The molecule has 0 saturated carbocycles. The Morgan fingerprint density at radius 3 is 2.82 bits per heavy atom. The zero-order chi connectivity index (χ0) is 12.5. The average molecular weight is 233 g/mol. The van der Waals surface area contributed by atoms with E-state index in [2.05, 4.69) is 41.7 Å². The summed E-state index contributed by atoms with van der Waals surface area (Å²) in [5.74, 6) is 1.48. The maximum absolute atomic E-state index is 4.55. The number of nitrogens with zero attached hydrogens (tertiary/aromatic N) is 3. The molecule has 0 amide bonds. The number of likely N-dealkylation sites (tertiary alicyclic amines) is 1. The van der Waals surface area contributed by atoms with Crippen LogP contribution in [0.25, 0.3) is 0 Å². The normalized spacial score (nSPS) is 22.0. The summed E-state index contributed by atoms with van der Waals surface area (Å²) in [6, 6.07) is 2.07. The minimum absolute atomic E-state index is 0.385. The van der Waals surface area contributed by atoms with Gasteiger partial charge in [0.1, 0.15) is 5.82 Å². The van der Waals surface area contributed by atoms with Crippen molar-refractivity contribution < 1.29 is 0 Å². The molecule has 3 heteroatoms. The van der Waals surface area contributed by atoms with Crippen LogP contribution < -0.4 is 0 Å². The van der Waals surface area contributed by atoms with Crippen molar-refractivity contribution in [1.29, 1.82) is 0 Å². The van der Waals surface area contributed by atoms with E-state index in [9.17, 15) is 0 Å². The lowest BCUT2D eigenvalue weighted by Gasteiger charge is -2.26. The number of aromatic nitrogens is 2. The Morgan fingerprint density at radius 2 is 2.18 bits per heavy atom. The first kappa shape index (κ1) is 12.5. The molecule has 0 N–H and O–H groups in total. The molecular weight excluding hydrogens is 210 g/mol. The number of aryl methyl sites for hydroxylation is 1. The first-order valence-electron chi connectivity index (χ1n) is 6.46. The van der Waals surface area contributed by atoms with Crippen molar-refractivity contribution in [3.05, 3.63) is 23.8 Å². The summed E-state index contributed by atoms with van der Waals surface area (Å²) in [6.07, 6.45) is 3.11. The van der Waals surface area contributed by atoms with E-state index in [0.717, 1.165) is 12.4 Å². The Hall–Kier alpha value is -0.960. The lowest BCUT2D eigenvalue weighted by molar-refractivity contribution is 0.225. The molecule has 1 saturated heterocycles. The number of rotatable bonds is 2. The van der Waals surface area contributed by atoms with Crippen LogP contribution in [-0.4, -0.2) is 34.5 Å². The van der Waals surface area contributed by atoms with Gasteiger partial charge in [-0.05, 0) is 31.4 Å². The van der Waals surface area contributed by atoms with Crippen molar-refractivity contribution in [2.75, 3.05) is 19.6 Å². The van der Waals surface area contributed by atoms with Gasteiger partial charge in [-0.1, -0.05) is 20.8 Å². The zero-order valence-corrected chi connectivity index (χ0v) is 11.4. The molecule has 1 aliphatic heterocycles. The minimum Gasteiger partial charge on any atom is -0.302 e. The monoisotopic (exact) mass is 233 g/mol. The van der Waals surface area contributed by atoms with Crippen LogP contribution in [0.3, 0.4) is 0 Å². The van der Waals surface area contributed by atoms with Gasteiger partial charge in [0, 0.05) is 30.9 Å². The summed E-state index contributed by atoms with van der Waals surface area (Å²) in [6.45, 7) is 12.4. The Labute approximate surface area is 104 Å². The Balaban J connectivity index is 1.98. The van der Waals surface area contributed by atoms with Crippen molar-refractivity contribution >= 4 is 0 Å². The van der Waals surface area contributed by atoms with Gasteiger partial charge in [0.2, 0.25) is 0 Å². The molecule has 0 aliphatic carbocycles. The van der Waals surface area contributed by atoms with Crippen LogP contribution >= 0.6 is 0 Å². The molecule has 1 aromatic heterocycles. The molecule has 1 fully saturated rings. The van der Waals surface area contributed by atoms with Crippen LogP contribution in [0, 0.1) is 12.3 Å². The highest BCUT2D eigenvalue weighted by molar-refractivity contribution is 5.10. The second-order valence-corrected chi connectivity index (χ2v) is 6.31. The summed E-state index contributed by atoms with van der Waals surface area (Å²) in [5, 5.41) is 0. The predicted octanol–water partition coefficient (Wildman–Crippen LogP) is 2.62. The SMILES string of the molecule is Cc1nccc([C@@H]2CCN(CC(C)(C)C)C2)n1. The molecule has 2 rings (SSSR count). The van der Waals surface area contributed by atoms with Gasteiger partial charge in [0.25, 0.3) is 0 Å². The Morgan fingerprint density at radius 1 is 1.41 bits per heavy atom. The van der Waals surface area contributed by atoms with Gasteiger partial charge >= 0.3 is 0 Å². The van der Waals surface area contributed by atoms with E-state index in [1.807, 2.05) is 13.1 Å². The molecule has 17 heavy (non-hydrogen) atoms. The fraction of sp³-hybridized carbons (Fsp3) is 0.714. The first-order valence-corrected chi connectivity index (χ1v) is 6.46. The largest absolute Gasteiger partial charge is 0.302 e. The molecule has 0 bridgehead atoms. The molecule has 1 aromatic rings. The molecular formula is C14H23N3. The summed E-state index contributed by atoms with van der Waals surface area (Å²) >= 11 is 0. The van der Waals surface area contributed by atoms with Crippen molar-refractivity contribution in [2.45, 2.75) is 40.0 Å². The molecule has 2 heterocycles. The fourth-order valence-corrected chi connectivity index (χ4v) is 2.59. The highest BCUT2D eigenvalue weighted by atomic mass is 15.2. The topological polar surface area (TPSA) is 29.0 Å². The summed E-state index contributed by atoms with van der Waals surface area (Å²) in [7, 11) is 0. The lowest BCUT2D eigenvalue weighted by Crippen LogP contribution is -2.30. The number of hydrogen-bond acceptors (Lipinski definition) is 3. The van der Waals surface area contributed by atoms with Gasteiger partial charge in [-0.3, -0.25) is 0 Å². The molecule has 0 unspecified atom stereocenters. The summed E-state index contributed by atoms with van der Waals surface area (Å²) < 4.78 is 0. The molecule has 0 spiro atoms. The smallest absolute Gasteiger partial charge is 0.125 e. The third kappa shape index (κ3) is 3.50. The quantitative estimate of drug-likeness (QED) is 0.786. The van der Waals surface area contributed by atoms with Crippen molar-refractivity contribution in [3.63, 3.8) is 0 Å². The molecule has 1 aliphatic rings. The van der Waals surface area contributed by atoms with Gasteiger partial charge < -0.3 is 4.90 Å². The Bertz CT molecular complexity index is 381. The van der Waals surface area contributed by atoms with Crippen LogP contribution in [0.15, 0.2) is 12.3 Å². The maximum atomic E-state index is 4.55. The van der Waals surface area contributed by atoms with E-state index >= 15 is 0 Å². The van der Waals surface area contributed by atoms with E-state index < -0.39 is 0 Å². The zero-order valence-electron chi connectivity index (χ0n) is 11.4. The predicted molar refractivity (Wildman–Crippen MR) is 70.0 cm³/mol. The lowest BCUT2D eigenvalue weighted by atomic mass is 9.96. The van der Waals surface area contributed by atoms with E-state index in [1.54, 1.807) is 0 Å². The standard InChI is InChI=1S/C14H23N3/c1-11-15-7-5-13(16-11)12-6-8-17(9-12)10-14(2,3)4/h5,7,12H,6,8-10H2,1-4H3/t12-/m1/s1. The molecule has 1 atom stereocenters.